The molecule has 2 aromatic rings. The van der Waals surface area contributed by atoms with Crippen LogP contribution in [0.1, 0.15) is 116 Å². The number of allylic oxidation sites excluding steroid dienone is 1. The largest absolute Gasteiger partial charge is 0.345 e. The Labute approximate surface area is 212 Å². The minimum absolute atomic E-state index is 0.00183. The Morgan fingerprint density at radius 3 is 1.85 bits per heavy atom. The van der Waals surface area contributed by atoms with E-state index in [1.54, 1.807) is 0 Å². The van der Waals surface area contributed by atoms with Gasteiger partial charge in [0, 0.05) is 27.8 Å². The number of rotatable bonds is 15. The fourth-order valence-electron chi connectivity index (χ4n) is 5.34. The zero-order valence-corrected chi connectivity index (χ0v) is 23.1. The maximum absolute atomic E-state index is 4.51. The van der Waals surface area contributed by atoms with E-state index < -0.39 is 0 Å². The lowest BCUT2D eigenvalue weighted by Crippen LogP contribution is -2.26. The molecular weight excluding hydrogens is 466 g/mol. The molecule has 0 unspecified atom stereocenters. The van der Waals surface area contributed by atoms with Crippen LogP contribution < -0.4 is 4.90 Å². The minimum Gasteiger partial charge on any atom is -0.345 e. The van der Waals surface area contributed by atoms with Crippen LogP contribution in [-0.2, 0) is 5.41 Å². The molecule has 2 aromatic carbocycles. The van der Waals surface area contributed by atoms with Crippen molar-refractivity contribution < 1.29 is 0 Å². The molecule has 0 bridgehead atoms. The summed E-state index contributed by atoms with van der Waals surface area (Å²) in [6.45, 7) is 12.5. The normalized spacial score (nSPS) is 14.9. The first-order valence-corrected chi connectivity index (χ1v) is 14.4. The van der Waals surface area contributed by atoms with Gasteiger partial charge >= 0.3 is 0 Å². The Bertz CT molecular complexity index is 897. The van der Waals surface area contributed by atoms with Crippen molar-refractivity contribution in [1.29, 1.82) is 0 Å². The van der Waals surface area contributed by atoms with Crippen LogP contribution in [0.2, 0.25) is 0 Å². The van der Waals surface area contributed by atoms with Gasteiger partial charge < -0.3 is 4.90 Å². The molecule has 1 nitrogen and oxygen atoms in total. The zero-order valence-electron chi connectivity index (χ0n) is 21.5. The van der Waals surface area contributed by atoms with E-state index in [4.69, 9.17) is 0 Å². The van der Waals surface area contributed by atoms with Crippen LogP contribution in [0.5, 0.6) is 0 Å². The molecule has 2 heteroatoms. The van der Waals surface area contributed by atoms with Gasteiger partial charge in [0.05, 0.1) is 0 Å². The van der Waals surface area contributed by atoms with Gasteiger partial charge in [0.2, 0.25) is 0 Å². The second-order valence-corrected chi connectivity index (χ2v) is 11.6. The lowest BCUT2D eigenvalue weighted by atomic mass is 9.83. The fraction of sp³-hybridized carbons (Fsp3) is 0.613. The van der Waals surface area contributed by atoms with Gasteiger partial charge in [0.15, 0.2) is 0 Å². The van der Waals surface area contributed by atoms with Crippen LogP contribution >= 0.6 is 15.9 Å². The minimum atomic E-state index is 0.00183. The second-order valence-electron chi connectivity index (χ2n) is 10.7. The average Bonchev–Trinajstić information content (AvgIpc) is 2.97. The summed E-state index contributed by atoms with van der Waals surface area (Å²) < 4.78 is 1.14. The third kappa shape index (κ3) is 7.10. The predicted octanol–water partition coefficient (Wildman–Crippen LogP) is 10.7. The highest BCUT2D eigenvalue weighted by atomic mass is 79.9. The summed E-state index contributed by atoms with van der Waals surface area (Å²) >= 11 is 3.62. The summed E-state index contributed by atoms with van der Waals surface area (Å²) in [6.07, 6.45) is 19.7. The van der Waals surface area contributed by atoms with Crippen molar-refractivity contribution in [2.75, 3.05) is 11.4 Å². The van der Waals surface area contributed by atoms with Crippen LogP contribution in [0.3, 0.4) is 0 Å². The van der Waals surface area contributed by atoms with Crippen LogP contribution in [0.15, 0.2) is 47.1 Å². The number of benzene rings is 2. The van der Waals surface area contributed by atoms with E-state index in [0.29, 0.717) is 0 Å². The first-order valence-electron chi connectivity index (χ1n) is 13.7. The van der Waals surface area contributed by atoms with Gasteiger partial charge in [-0.15, -0.1) is 0 Å². The lowest BCUT2D eigenvalue weighted by Gasteiger charge is -2.25. The Hall–Kier alpha value is -1.28. The van der Waals surface area contributed by atoms with Crippen molar-refractivity contribution in [3.8, 4) is 0 Å². The highest BCUT2D eigenvalue weighted by molar-refractivity contribution is 9.10. The van der Waals surface area contributed by atoms with E-state index in [9.17, 15) is 0 Å². The van der Waals surface area contributed by atoms with Crippen LogP contribution in [0.25, 0.3) is 10.8 Å². The number of halogens is 1. The predicted molar refractivity (Wildman–Crippen MR) is 151 cm³/mol. The summed E-state index contributed by atoms with van der Waals surface area (Å²) in [5.41, 5.74) is 4.04. The highest BCUT2D eigenvalue weighted by Crippen LogP contribution is 2.48. The molecule has 33 heavy (non-hydrogen) atoms. The monoisotopic (exact) mass is 511 g/mol. The molecule has 182 valence electrons. The van der Waals surface area contributed by atoms with Gasteiger partial charge in [0.1, 0.15) is 0 Å². The summed E-state index contributed by atoms with van der Waals surface area (Å²) in [7, 11) is 0. The molecule has 0 spiro atoms. The van der Waals surface area contributed by atoms with Gasteiger partial charge in [-0.25, -0.2) is 0 Å². The average molecular weight is 513 g/mol. The number of nitrogens with zero attached hydrogens (tertiary/aromatic N) is 1. The van der Waals surface area contributed by atoms with E-state index >= 15 is 0 Å². The number of unbranched alkanes of at least 4 members (excludes halogenated alkanes) is 13. The van der Waals surface area contributed by atoms with Gasteiger partial charge in [0.25, 0.3) is 0 Å². The summed E-state index contributed by atoms with van der Waals surface area (Å²) in [5.74, 6) is 0. The van der Waals surface area contributed by atoms with Gasteiger partial charge in [-0.2, -0.15) is 0 Å². The maximum atomic E-state index is 4.51. The fourth-order valence-corrected chi connectivity index (χ4v) is 5.72. The first-order chi connectivity index (χ1) is 15.9. The van der Waals surface area contributed by atoms with E-state index in [2.05, 4.69) is 78.5 Å². The zero-order chi connectivity index (χ0) is 23.7. The van der Waals surface area contributed by atoms with Crippen molar-refractivity contribution in [3.63, 3.8) is 0 Å². The maximum Gasteiger partial charge on any atom is 0.0456 e. The molecule has 0 radical (unpaired) electrons. The topological polar surface area (TPSA) is 3.24 Å². The summed E-state index contributed by atoms with van der Waals surface area (Å²) in [4.78, 5) is 2.50. The highest BCUT2D eigenvalue weighted by Gasteiger charge is 2.38. The molecule has 0 atom stereocenters. The summed E-state index contributed by atoms with van der Waals surface area (Å²) in [5, 5.41) is 2.62. The van der Waals surface area contributed by atoms with E-state index in [1.807, 2.05) is 0 Å². The Kier molecular flexibility index (Phi) is 10.4. The van der Waals surface area contributed by atoms with Crippen molar-refractivity contribution in [1.82, 2.24) is 0 Å². The molecule has 3 rings (SSSR count). The van der Waals surface area contributed by atoms with Crippen molar-refractivity contribution in [3.05, 3.63) is 52.6 Å². The van der Waals surface area contributed by atoms with Gasteiger partial charge in [-0.05, 0) is 47.0 Å². The number of anilines is 1. The second kappa shape index (κ2) is 13.0. The lowest BCUT2D eigenvalue weighted by molar-refractivity contribution is 0.535. The molecule has 0 saturated carbocycles. The molecule has 0 aromatic heterocycles. The SMILES string of the molecule is C=C1N(CCCCCCCCCCCCCCCC)c2cc3ccc(Br)cc3cc2C1(C)C. The molecule has 1 heterocycles. The Balaban J connectivity index is 1.36. The quantitative estimate of drug-likeness (QED) is 0.215. The van der Waals surface area contributed by atoms with Crippen LogP contribution in [0, 0.1) is 0 Å². The number of hydrogen-bond acceptors (Lipinski definition) is 1. The third-order valence-corrected chi connectivity index (χ3v) is 8.16. The van der Waals surface area contributed by atoms with Gasteiger partial charge in [-0.1, -0.05) is 133 Å². The van der Waals surface area contributed by atoms with E-state index in [-0.39, 0.29) is 5.41 Å². The molecule has 0 saturated heterocycles. The Morgan fingerprint density at radius 2 is 1.27 bits per heavy atom. The molecule has 0 amide bonds. The number of hydrogen-bond donors (Lipinski definition) is 0. The smallest absolute Gasteiger partial charge is 0.0456 e. The molecule has 0 fully saturated rings. The third-order valence-electron chi connectivity index (χ3n) is 7.66. The van der Waals surface area contributed by atoms with Gasteiger partial charge in [-0.3, -0.25) is 0 Å². The van der Waals surface area contributed by atoms with Crippen molar-refractivity contribution >= 4 is 32.4 Å². The van der Waals surface area contributed by atoms with E-state index in [1.165, 1.54) is 118 Å². The van der Waals surface area contributed by atoms with Crippen LogP contribution in [0.4, 0.5) is 5.69 Å². The summed E-state index contributed by atoms with van der Waals surface area (Å²) in [6, 6.07) is 11.3. The molecule has 1 aliphatic rings. The van der Waals surface area contributed by atoms with E-state index in [0.717, 1.165) is 11.0 Å². The Morgan fingerprint density at radius 1 is 0.727 bits per heavy atom. The molecule has 0 aliphatic carbocycles. The standard InChI is InChI=1S/C31H46BrN/c1-5-6-7-8-9-10-11-12-13-14-15-16-17-18-21-33-25(2)31(3,4)29-23-27-22-28(32)20-19-26(27)24-30(29)33/h19-20,22-24H,2,5-18,21H2,1,3-4H3. The van der Waals surface area contributed by atoms with Crippen LogP contribution in [-0.4, -0.2) is 6.54 Å². The molecule has 0 N–H and O–H groups in total. The first kappa shape index (κ1) is 26.3. The van der Waals surface area contributed by atoms with Crippen molar-refractivity contribution in [2.24, 2.45) is 0 Å². The molecule has 1 aliphatic heterocycles. The van der Waals surface area contributed by atoms with Crippen molar-refractivity contribution in [2.45, 2.75) is 116 Å². The molecular formula is C31H46BrN. The number of fused-ring (bicyclic) bond motifs is 2.